The van der Waals surface area contributed by atoms with Gasteiger partial charge in [0.2, 0.25) is 0 Å². The van der Waals surface area contributed by atoms with E-state index in [4.69, 9.17) is 9.47 Å². The standard InChI is InChI=1S/C27H25N3O4/c1-2-20-7-3-4-10-23(20)34-18-25(31)29-30-27(32)22-14-12-19(13-15-22)17-33-24-11-5-8-21-9-6-16-28-26(21)24/h3-16H,2,17-18H2,1H3,(H,29,31)(H,30,32). The highest BCUT2D eigenvalue weighted by Gasteiger charge is 2.10. The Morgan fingerprint density at radius 2 is 1.59 bits per heavy atom. The molecule has 0 bridgehead atoms. The molecule has 172 valence electrons. The van der Waals surface area contributed by atoms with Gasteiger partial charge < -0.3 is 9.47 Å². The van der Waals surface area contributed by atoms with Crippen molar-refractivity contribution in [2.24, 2.45) is 0 Å². The van der Waals surface area contributed by atoms with Crippen LogP contribution in [0, 0.1) is 0 Å². The largest absolute Gasteiger partial charge is 0.487 e. The Kier molecular flexibility index (Phi) is 7.35. The van der Waals surface area contributed by atoms with E-state index in [9.17, 15) is 9.59 Å². The number of fused-ring (bicyclic) bond motifs is 1. The highest BCUT2D eigenvalue weighted by molar-refractivity contribution is 5.95. The lowest BCUT2D eigenvalue weighted by Gasteiger charge is -2.11. The number of aromatic nitrogens is 1. The van der Waals surface area contributed by atoms with Crippen molar-refractivity contribution in [3.8, 4) is 11.5 Å². The van der Waals surface area contributed by atoms with Crippen LogP contribution in [0.5, 0.6) is 11.5 Å². The molecule has 1 aromatic heterocycles. The zero-order valence-corrected chi connectivity index (χ0v) is 18.8. The number of hydrogen-bond acceptors (Lipinski definition) is 5. The zero-order chi connectivity index (χ0) is 23.8. The first-order chi connectivity index (χ1) is 16.6. The molecular weight excluding hydrogens is 430 g/mol. The van der Waals surface area contributed by atoms with E-state index >= 15 is 0 Å². The number of ether oxygens (including phenoxy) is 2. The summed E-state index contributed by atoms with van der Waals surface area (Å²) in [6.45, 7) is 2.15. The molecule has 34 heavy (non-hydrogen) atoms. The first-order valence-corrected chi connectivity index (χ1v) is 11.0. The number of hydrogen-bond donors (Lipinski definition) is 2. The van der Waals surface area contributed by atoms with E-state index < -0.39 is 11.8 Å². The van der Waals surface area contributed by atoms with Crippen molar-refractivity contribution in [1.82, 2.24) is 15.8 Å². The van der Waals surface area contributed by atoms with Crippen LogP contribution in [0.4, 0.5) is 0 Å². The molecular formula is C27H25N3O4. The van der Waals surface area contributed by atoms with Gasteiger partial charge in [-0.3, -0.25) is 25.4 Å². The van der Waals surface area contributed by atoms with Gasteiger partial charge in [-0.15, -0.1) is 0 Å². The molecule has 0 spiro atoms. The SMILES string of the molecule is CCc1ccccc1OCC(=O)NNC(=O)c1ccc(COc2cccc3cccnc23)cc1. The number of benzene rings is 3. The number of carbonyl (C=O) groups is 2. The number of pyridine rings is 1. The van der Waals surface area contributed by atoms with E-state index in [-0.39, 0.29) is 6.61 Å². The van der Waals surface area contributed by atoms with Gasteiger partial charge in [0.05, 0.1) is 0 Å². The summed E-state index contributed by atoms with van der Waals surface area (Å²) >= 11 is 0. The van der Waals surface area contributed by atoms with Crippen LogP contribution in [0.25, 0.3) is 10.9 Å². The third-order valence-electron chi connectivity index (χ3n) is 5.23. The summed E-state index contributed by atoms with van der Waals surface area (Å²) in [4.78, 5) is 28.8. The maximum Gasteiger partial charge on any atom is 0.276 e. The summed E-state index contributed by atoms with van der Waals surface area (Å²) in [5.74, 6) is 0.482. The van der Waals surface area contributed by atoms with Gasteiger partial charge in [-0.2, -0.15) is 0 Å². The summed E-state index contributed by atoms with van der Waals surface area (Å²) in [5.41, 5.74) is 7.90. The van der Waals surface area contributed by atoms with Gasteiger partial charge in [0.25, 0.3) is 11.8 Å². The van der Waals surface area contributed by atoms with Crippen LogP contribution in [-0.4, -0.2) is 23.4 Å². The maximum atomic E-state index is 12.4. The average molecular weight is 456 g/mol. The number of hydrazine groups is 1. The van der Waals surface area contributed by atoms with Gasteiger partial charge in [0.15, 0.2) is 6.61 Å². The minimum Gasteiger partial charge on any atom is -0.487 e. The molecule has 0 unspecified atom stereocenters. The van der Waals surface area contributed by atoms with Crippen molar-refractivity contribution in [3.05, 3.63) is 102 Å². The van der Waals surface area contributed by atoms with Crippen molar-refractivity contribution in [2.75, 3.05) is 6.61 Å². The van der Waals surface area contributed by atoms with Crippen LogP contribution in [-0.2, 0) is 17.8 Å². The fraction of sp³-hybridized carbons (Fsp3) is 0.148. The lowest BCUT2D eigenvalue weighted by Crippen LogP contribution is -2.43. The van der Waals surface area contributed by atoms with Gasteiger partial charge >= 0.3 is 0 Å². The number of rotatable bonds is 8. The average Bonchev–Trinajstić information content (AvgIpc) is 2.89. The van der Waals surface area contributed by atoms with Gasteiger partial charge in [-0.25, -0.2) is 0 Å². The molecule has 0 fully saturated rings. The highest BCUT2D eigenvalue weighted by Crippen LogP contribution is 2.24. The summed E-state index contributed by atoms with van der Waals surface area (Å²) in [5, 5.41) is 1.01. The molecule has 2 amide bonds. The van der Waals surface area contributed by atoms with E-state index in [1.165, 1.54) is 0 Å². The number of carbonyl (C=O) groups excluding carboxylic acids is 2. The lowest BCUT2D eigenvalue weighted by atomic mass is 10.1. The van der Waals surface area contributed by atoms with Crippen LogP contribution >= 0.6 is 0 Å². The Hall–Kier alpha value is -4.39. The molecule has 7 heteroatoms. The van der Waals surface area contributed by atoms with Crippen molar-refractivity contribution in [1.29, 1.82) is 0 Å². The molecule has 0 aliphatic heterocycles. The van der Waals surface area contributed by atoms with Crippen LogP contribution < -0.4 is 20.3 Å². The number of nitrogens with one attached hydrogen (secondary N) is 2. The first kappa shape index (κ1) is 22.8. The smallest absolute Gasteiger partial charge is 0.276 e. The van der Waals surface area contributed by atoms with Gasteiger partial charge in [-0.1, -0.05) is 55.5 Å². The normalized spacial score (nSPS) is 10.5. The Morgan fingerprint density at radius 1 is 0.824 bits per heavy atom. The Balaban J connectivity index is 1.26. The van der Waals surface area contributed by atoms with E-state index in [1.54, 1.807) is 30.5 Å². The van der Waals surface area contributed by atoms with Crippen molar-refractivity contribution >= 4 is 22.7 Å². The monoisotopic (exact) mass is 455 g/mol. The van der Waals surface area contributed by atoms with Gasteiger partial charge in [-0.05, 0) is 47.9 Å². The lowest BCUT2D eigenvalue weighted by molar-refractivity contribution is -0.123. The van der Waals surface area contributed by atoms with E-state index in [0.717, 1.165) is 28.5 Å². The Bertz CT molecular complexity index is 1280. The number of aryl methyl sites for hydroxylation is 1. The quantitative estimate of drug-likeness (QED) is 0.389. The molecule has 3 aromatic carbocycles. The van der Waals surface area contributed by atoms with Gasteiger partial charge in [0.1, 0.15) is 23.6 Å². The maximum absolute atomic E-state index is 12.4. The molecule has 0 aliphatic rings. The molecule has 2 N–H and O–H groups in total. The molecule has 1 heterocycles. The predicted molar refractivity (Wildman–Crippen MR) is 129 cm³/mol. The van der Waals surface area contributed by atoms with E-state index in [0.29, 0.717) is 23.7 Å². The number of para-hydroxylation sites is 2. The van der Waals surface area contributed by atoms with Crippen LogP contribution in [0.2, 0.25) is 0 Å². The third-order valence-corrected chi connectivity index (χ3v) is 5.23. The fourth-order valence-electron chi connectivity index (χ4n) is 3.42. The second-order valence-corrected chi connectivity index (χ2v) is 7.57. The summed E-state index contributed by atoms with van der Waals surface area (Å²) in [6, 6.07) is 24.2. The van der Waals surface area contributed by atoms with Crippen LogP contribution in [0.15, 0.2) is 85.1 Å². The number of nitrogens with zero attached hydrogens (tertiary/aromatic N) is 1. The molecule has 7 nitrogen and oxygen atoms in total. The highest BCUT2D eigenvalue weighted by atomic mass is 16.5. The molecule has 4 rings (SSSR count). The van der Waals surface area contributed by atoms with Crippen LogP contribution in [0.1, 0.15) is 28.4 Å². The van der Waals surface area contributed by atoms with E-state index in [2.05, 4.69) is 15.8 Å². The molecule has 0 saturated carbocycles. The zero-order valence-electron chi connectivity index (χ0n) is 18.8. The third kappa shape index (κ3) is 5.69. The van der Waals surface area contributed by atoms with E-state index in [1.807, 2.05) is 61.5 Å². The summed E-state index contributed by atoms with van der Waals surface area (Å²) in [7, 11) is 0. The van der Waals surface area contributed by atoms with Gasteiger partial charge in [0, 0.05) is 17.1 Å². The first-order valence-electron chi connectivity index (χ1n) is 11.0. The molecule has 4 aromatic rings. The Labute approximate surface area is 197 Å². The molecule has 0 saturated heterocycles. The minimum absolute atomic E-state index is 0.198. The number of amides is 2. The van der Waals surface area contributed by atoms with Crippen molar-refractivity contribution in [3.63, 3.8) is 0 Å². The topological polar surface area (TPSA) is 89.6 Å². The van der Waals surface area contributed by atoms with Crippen LogP contribution in [0.3, 0.4) is 0 Å². The molecule has 0 radical (unpaired) electrons. The summed E-state index contributed by atoms with van der Waals surface area (Å²) < 4.78 is 11.5. The molecule has 0 aliphatic carbocycles. The second kappa shape index (κ2) is 11.0. The predicted octanol–water partition coefficient (Wildman–Crippen LogP) is 4.22. The van der Waals surface area contributed by atoms with Crippen molar-refractivity contribution in [2.45, 2.75) is 20.0 Å². The summed E-state index contributed by atoms with van der Waals surface area (Å²) in [6.07, 6.45) is 2.53. The van der Waals surface area contributed by atoms with Crippen molar-refractivity contribution < 1.29 is 19.1 Å². The molecule has 0 atom stereocenters. The fourth-order valence-corrected chi connectivity index (χ4v) is 3.42. The second-order valence-electron chi connectivity index (χ2n) is 7.57. The Morgan fingerprint density at radius 3 is 2.41 bits per heavy atom. The minimum atomic E-state index is -0.451.